The number of hydrogen-bond donors (Lipinski definition) is 2. The molecule has 0 amide bonds. The summed E-state index contributed by atoms with van der Waals surface area (Å²) in [5, 5.41) is 5.48. The first-order chi connectivity index (χ1) is 6.27. The molecule has 0 aliphatic carbocycles. The van der Waals surface area contributed by atoms with E-state index < -0.39 is 0 Å². The molecule has 4 N–H and O–H groups in total. The van der Waals surface area contributed by atoms with Crippen LogP contribution in [-0.2, 0) is 0 Å². The number of thiophene rings is 1. The fourth-order valence-electron chi connectivity index (χ4n) is 1.18. The first-order valence-corrected chi connectivity index (χ1v) is 4.77. The van der Waals surface area contributed by atoms with Gasteiger partial charge in [-0.2, -0.15) is 11.3 Å². The van der Waals surface area contributed by atoms with Crippen molar-refractivity contribution in [1.82, 2.24) is 5.01 Å². The summed E-state index contributed by atoms with van der Waals surface area (Å²) in [6.45, 7) is 0.464. The molecule has 0 bridgehead atoms. The molecule has 0 spiro atoms. The first kappa shape index (κ1) is 8.28. The normalized spacial score (nSPS) is 16.8. The molecule has 0 atom stereocenters. The van der Waals surface area contributed by atoms with Crippen LogP contribution in [0.25, 0.3) is 0 Å². The minimum absolute atomic E-state index is 0.464. The van der Waals surface area contributed by atoms with Gasteiger partial charge in [0.25, 0.3) is 0 Å². The summed E-state index contributed by atoms with van der Waals surface area (Å²) in [5.74, 6) is 5.51. The number of nitrogens with two attached hydrogens (primary N) is 2. The molecule has 0 saturated heterocycles. The Kier molecular flexibility index (Phi) is 2.03. The largest absolute Gasteiger partial charge is 0.396 e. The van der Waals surface area contributed by atoms with E-state index in [4.69, 9.17) is 11.6 Å². The van der Waals surface area contributed by atoms with Crippen LogP contribution < -0.4 is 11.6 Å². The average molecular weight is 194 g/mol. The summed E-state index contributed by atoms with van der Waals surface area (Å²) < 4.78 is 0. The second-order valence-electron chi connectivity index (χ2n) is 2.76. The smallest absolute Gasteiger partial charge is 0.124 e. The van der Waals surface area contributed by atoms with Gasteiger partial charge in [-0.1, -0.05) is 0 Å². The van der Waals surface area contributed by atoms with Crippen molar-refractivity contribution in [2.75, 3.05) is 6.67 Å². The van der Waals surface area contributed by atoms with Gasteiger partial charge < -0.3 is 5.73 Å². The Morgan fingerprint density at radius 2 is 2.38 bits per heavy atom. The molecule has 2 heterocycles. The minimum atomic E-state index is 0.464. The van der Waals surface area contributed by atoms with E-state index in [0.717, 1.165) is 11.3 Å². The zero-order valence-corrected chi connectivity index (χ0v) is 7.79. The van der Waals surface area contributed by atoms with Crippen LogP contribution in [0.2, 0.25) is 0 Å². The molecule has 0 aromatic carbocycles. The lowest BCUT2D eigenvalue weighted by molar-refractivity contribution is 0.400. The third-order valence-corrected chi connectivity index (χ3v) is 2.45. The van der Waals surface area contributed by atoms with Gasteiger partial charge >= 0.3 is 0 Å². The highest BCUT2D eigenvalue weighted by Gasteiger charge is 2.12. The Morgan fingerprint density at radius 3 is 3.00 bits per heavy atom. The fraction of sp³-hybridized carbons (Fsp3) is 0.125. The van der Waals surface area contributed by atoms with Crippen molar-refractivity contribution >= 4 is 17.0 Å². The van der Waals surface area contributed by atoms with Crippen molar-refractivity contribution in [1.29, 1.82) is 0 Å². The van der Waals surface area contributed by atoms with Gasteiger partial charge in [-0.15, -0.1) is 0 Å². The van der Waals surface area contributed by atoms with Gasteiger partial charge in [0.2, 0.25) is 0 Å². The topological polar surface area (TPSA) is 67.6 Å². The number of nitrogens with zero attached hydrogens (tertiary/aromatic N) is 2. The maximum absolute atomic E-state index is 5.77. The molecule has 1 aliphatic heterocycles. The second-order valence-corrected chi connectivity index (χ2v) is 3.54. The molecule has 1 aromatic rings. The SMILES string of the molecule is NC1=CN(N)CN=C1c1ccsc1. The van der Waals surface area contributed by atoms with Crippen LogP contribution in [0.4, 0.5) is 0 Å². The number of rotatable bonds is 1. The molecule has 0 fully saturated rings. The highest BCUT2D eigenvalue weighted by atomic mass is 32.1. The van der Waals surface area contributed by atoms with E-state index >= 15 is 0 Å². The van der Waals surface area contributed by atoms with E-state index in [-0.39, 0.29) is 0 Å². The lowest BCUT2D eigenvalue weighted by Crippen LogP contribution is -2.32. The van der Waals surface area contributed by atoms with Gasteiger partial charge in [-0.05, 0) is 11.4 Å². The fourth-order valence-corrected chi connectivity index (χ4v) is 1.82. The van der Waals surface area contributed by atoms with E-state index in [9.17, 15) is 0 Å². The minimum Gasteiger partial charge on any atom is -0.396 e. The molecule has 1 aromatic heterocycles. The Morgan fingerprint density at radius 1 is 1.54 bits per heavy atom. The summed E-state index contributed by atoms with van der Waals surface area (Å²) in [6.07, 6.45) is 1.69. The Balaban J connectivity index is 2.32. The monoisotopic (exact) mass is 194 g/mol. The first-order valence-electron chi connectivity index (χ1n) is 3.83. The van der Waals surface area contributed by atoms with E-state index in [2.05, 4.69) is 4.99 Å². The van der Waals surface area contributed by atoms with E-state index in [1.807, 2.05) is 16.8 Å². The maximum Gasteiger partial charge on any atom is 0.124 e. The highest BCUT2D eigenvalue weighted by Crippen LogP contribution is 2.13. The quantitative estimate of drug-likeness (QED) is 0.639. The molecule has 5 heteroatoms. The predicted octanol–water partition coefficient (Wildman–Crippen LogP) is 0.484. The van der Waals surface area contributed by atoms with Crippen molar-refractivity contribution in [3.8, 4) is 0 Å². The lowest BCUT2D eigenvalue weighted by atomic mass is 10.1. The molecular formula is C8H10N4S. The number of hydrazine groups is 1. The Hall–Kier alpha value is -1.33. The average Bonchev–Trinajstić information content (AvgIpc) is 2.56. The molecule has 1 aliphatic rings. The van der Waals surface area contributed by atoms with E-state index in [1.54, 1.807) is 17.5 Å². The highest BCUT2D eigenvalue weighted by molar-refractivity contribution is 7.08. The van der Waals surface area contributed by atoms with Gasteiger partial charge in [-0.3, -0.25) is 10.0 Å². The van der Waals surface area contributed by atoms with Crippen LogP contribution in [0.15, 0.2) is 33.7 Å². The molecule has 0 saturated carbocycles. The van der Waals surface area contributed by atoms with Crippen LogP contribution in [0.5, 0.6) is 0 Å². The molecule has 68 valence electrons. The van der Waals surface area contributed by atoms with Gasteiger partial charge in [0, 0.05) is 17.1 Å². The summed E-state index contributed by atoms with van der Waals surface area (Å²) in [6, 6.07) is 2.00. The molecule has 2 rings (SSSR count). The number of allylic oxidation sites excluding steroid dienone is 1. The van der Waals surface area contributed by atoms with Crippen LogP contribution in [-0.4, -0.2) is 17.4 Å². The number of hydrogen-bond acceptors (Lipinski definition) is 5. The standard InChI is InChI=1S/C8H10N4S/c9-7-3-12(10)5-11-8(7)6-1-2-13-4-6/h1-4H,5,9-10H2. The van der Waals surface area contributed by atoms with Crippen molar-refractivity contribution < 1.29 is 0 Å². The predicted molar refractivity (Wildman–Crippen MR) is 54.0 cm³/mol. The van der Waals surface area contributed by atoms with Gasteiger partial charge in [-0.25, -0.2) is 5.84 Å². The van der Waals surface area contributed by atoms with Crippen LogP contribution in [0.1, 0.15) is 5.56 Å². The van der Waals surface area contributed by atoms with E-state index in [1.165, 1.54) is 5.01 Å². The zero-order chi connectivity index (χ0) is 9.26. The Labute approximate surface area is 80.1 Å². The lowest BCUT2D eigenvalue weighted by Gasteiger charge is -2.18. The van der Waals surface area contributed by atoms with Crippen molar-refractivity contribution in [2.45, 2.75) is 0 Å². The van der Waals surface area contributed by atoms with Crippen LogP contribution in [0.3, 0.4) is 0 Å². The molecule has 13 heavy (non-hydrogen) atoms. The van der Waals surface area contributed by atoms with Gasteiger partial charge in [0.1, 0.15) is 6.67 Å². The number of aliphatic imine (C=N–C) groups is 1. The molecule has 0 unspecified atom stereocenters. The summed E-state index contributed by atoms with van der Waals surface area (Å²) in [4.78, 5) is 4.26. The zero-order valence-electron chi connectivity index (χ0n) is 6.97. The van der Waals surface area contributed by atoms with Crippen molar-refractivity contribution in [3.63, 3.8) is 0 Å². The molecular weight excluding hydrogens is 184 g/mol. The third kappa shape index (κ3) is 1.56. The summed E-state index contributed by atoms with van der Waals surface area (Å²) in [5.41, 5.74) is 8.29. The Bertz CT molecular complexity index is 352. The van der Waals surface area contributed by atoms with Gasteiger partial charge in [0.05, 0.1) is 11.4 Å². The molecule has 4 nitrogen and oxygen atoms in total. The van der Waals surface area contributed by atoms with Crippen LogP contribution in [0, 0.1) is 0 Å². The van der Waals surface area contributed by atoms with E-state index in [0.29, 0.717) is 12.4 Å². The summed E-state index contributed by atoms with van der Waals surface area (Å²) >= 11 is 1.63. The van der Waals surface area contributed by atoms with Gasteiger partial charge in [0.15, 0.2) is 0 Å². The second kappa shape index (κ2) is 3.20. The van der Waals surface area contributed by atoms with Crippen LogP contribution >= 0.6 is 11.3 Å². The van der Waals surface area contributed by atoms with Crippen molar-refractivity contribution in [3.05, 3.63) is 34.3 Å². The maximum atomic E-state index is 5.77. The van der Waals surface area contributed by atoms with Crippen molar-refractivity contribution in [2.24, 2.45) is 16.6 Å². The summed E-state index contributed by atoms with van der Waals surface area (Å²) in [7, 11) is 0. The third-order valence-electron chi connectivity index (χ3n) is 1.77. The molecule has 0 radical (unpaired) electrons.